The third-order valence-corrected chi connectivity index (χ3v) is 6.00. The molecule has 84 valence electrons. The molecule has 0 aromatic carbocycles. The first kappa shape index (κ1) is 10.9. The van der Waals surface area contributed by atoms with E-state index in [1.165, 1.54) is 28.3 Å². The van der Waals surface area contributed by atoms with Gasteiger partial charge in [0.2, 0.25) is 0 Å². The molecular weight excluding hydrogens is 304 g/mol. The van der Waals surface area contributed by atoms with Gasteiger partial charge in [-0.05, 0) is 46.6 Å². The van der Waals surface area contributed by atoms with Gasteiger partial charge in [-0.1, -0.05) is 0 Å². The molecule has 2 heterocycles. The Hall–Kier alpha value is -0.230. The highest BCUT2D eigenvalue weighted by Gasteiger charge is 2.22. The molecule has 0 aliphatic heterocycles. The summed E-state index contributed by atoms with van der Waals surface area (Å²) >= 11 is 7.00. The van der Waals surface area contributed by atoms with E-state index in [0.29, 0.717) is 0 Å². The van der Waals surface area contributed by atoms with Crippen LogP contribution in [0.2, 0.25) is 0 Å². The van der Waals surface area contributed by atoms with Gasteiger partial charge >= 0.3 is 0 Å². The average Bonchev–Trinajstić information content (AvgIpc) is 2.89. The second-order valence-electron chi connectivity index (χ2n) is 3.89. The van der Waals surface area contributed by atoms with Crippen molar-refractivity contribution in [3.63, 3.8) is 0 Å². The van der Waals surface area contributed by atoms with Crippen LogP contribution in [-0.2, 0) is 12.8 Å². The molecule has 3 rings (SSSR count). The van der Waals surface area contributed by atoms with Crippen molar-refractivity contribution >= 4 is 38.6 Å². The third-order valence-electron chi connectivity index (χ3n) is 2.81. The second-order valence-corrected chi connectivity index (χ2v) is 6.80. The van der Waals surface area contributed by atoms with Crippen LogP contribution in [0.15, 0.2) is 15.9 Å². The van der Waals surface area contributed by atoms with Gasteiger partial charge in [0.1, 0.15) is 5.01 Å². The maximum Gasteiger partial charge on any atom is 0.115 e. The molecular formula is C11H11BrN2S2. The Morgan fingerprint density at radius 2 is 2.31 bits per heavy atom. The van der Waals surface area contributed by atoms with Gasteiger partial charge in [0, 0.05) is 14.2 Å². The van der Waals surface area contributed by atoms with E-state index in [9.17, 15) is 0 Å². The summed E-state index contributed by atoms with van der Waals surface area (Å²) in [6, 6.07) is 1.98. The number of thiophene rings is 1. The van der Waals surface area contributed by atoms with Crippen molar-refractivity contribution in [2.45, 2.75) is 25.3 Å². The molecule has 2 aromatic heterocycles. The van der Waals surface area contributed by atoms with E-state index in [0.717, 1.165) is 15.9 Å². The molecule has 1 aliphatic carbocycles. The smallest absolute Gasteiger partial charge is 0.115 e. The van der Waals surface area contributed by atoms with Crippen LogP contribution in [0.4, 0.5) is 0 Å². The van der Waals surface area contributed by atoms with Gasteiger partial charge in [-0.15, -0.1) is 22.7 Å². The number of fused-ring (bicyclic) bond motifs is 1. The fourth-order valence-corrected chi connectivity index (χ4v) is 4.85. The summed E-state index contributed by atoms with van der Waals surface area (Å²) < 4.78 is 1.10. The maximum atomic E-state index is 6.25. The Kier molecular flexibility index (Phi) is 2.87. The minimum Gasteiger partial charge on any atom is -0.318 e. The molecule has 0 radical (unpaired) electrons. The first-order valence-corrected chi connectivity index (χ1v) is 7.71. The topological polar surface area (TPSA) is 38.9 Å². The number of thiazole rings is 1. The minimum atomic E-state index is -0.0648. The van der Waals surface area contributed by atoms with Crippen molar-refractivity contribution in [2.24, 2.45) is 5.73 Å². The van der Waals surface area contributed by atoms with E-state index in [2.05, 4.69) is 26.3 Å². The van der Waals surface area contributed by atoms with Crippen LogP contribution in [0.1, 0.15) is 32.9 Å². The van der Waals surface area contributed by atoms with Gasteiger partial charge in [0.15, 0.2) is 0 Å². The lowest BCUT2D eigenvalue weighted by molar-refractivity contribution is 0.844. The van der Waals surface area contributed by atoms with Crippen LogP contribution in [0.3, 0.4) is 0 Å². The second kappa shape index (κ2) is 4.22. The number of halogens is 1. The zero-order chi connectivity index (χ0) is 11.1. The predicted molar refractivity (Wildman–Crippen MR) is 72.2 cm³/mol. The van der Waals surface area contributed by atoms with E-state index in [1.54, 1.807) is 22.7 Å². The number of nitrogens with zero attached hydrogens (tertiary/aromatic N) is 1. The van der Waals surface area contributed by atoms with Crippen molar-refractivity contribution in [3.8, 4) is 0 Å². The van der Waals surface area contributed by atoms with E-state index in [-0.39, 0.29) is 6.04 Å². The Balaban J connectivity index is 1.95. The zero-order valence-electron chi connectivity index (χ0n) is 8.57. The SMILES string of the molecule is NC(c1nc2c(s1)CCC2)c1sccc1Br. The molecule has 1 atom stereocenters. The molecule has 0 saturated carbocycles. The van der Waals surface area contributed by atoms with Crippen LogP contribution in [-0.4, -0.2) is 4.98 Å². The lowest BCUT2D eigenvalue weighted by Gasteiger charge is -2.06. The Morgan fingerprint density at radius 1 is 1.44 bits per heavy atom. The van der Waals surface area contributed by atoms with Crippen molar-refractivity contribution < 1.29 is 0 Å². The Morgan fingerprint density at radius 3 is 3.00 bits per heavy atom. The number of hydrogen-bond donors (Lipinski definition) is 1. The molecule has 0 fully saturated rings. The van der Waals surface area contributed by atoms with Crippen LogP contribution < -0.4 is 5.73 Å². The summed E-state index contributed by atoms with van der Waals surface area (Å²) in [6.45, 7) is 0. The molecule has 16 heavy (non-hydrogen) atoms. The number of nitrogens with two attached hydrogens (primary N) is 1. The summed E-state index contributed by atoms with van der Waals surface area (Å²) in [5.41, 5.74) is 7.53. The highest BCUT2D eigenvalue weighted by atomic mass is 79.9. The van der Waals surface area contributed by atoms with Gasteiger partial charge in [-0.25, -0.2) is 4.98 Å². The normalized spacial score (nSPS) is 16.4. The molecule has 0 spiro atoms. The van der Waals surface area contributed by atoms with Gasteiger partial charge in [0.05, 0.1) is 11.7 Å². The maximum absolute atomic E-state index is 6.25. The molecule has 5 heteroatoms. The van der Waals surface area contributed by atoms with Crippen LogP contribution in [0.25, 0.3) is 0 Å². The number of rotatable bonds is 2. The first-order valence-electron chi connectivity index (χ1n) is 5.22. The molecule has 2 nitrogen and oxygen atoms in total. The fourth-order valence-electron chi connectivity index (χ4n) is 1.98. The van der Waals surface area contributed by atoms with Crippen LogP contribution >= 0.6 is 38.6 Å². The number of aromatic nitrogens is 1. The molecule has 1 aliphatic rings. The van der Waals surface area contributed by atoms with Crippen molar-refractivity contribution in [1.29, 1.82) is 0 Å². The van der Waals surface area contributed by atoms with Crippen molar-refractivity contribution in [2.75, 3.05) is 0 Å². The summed E-state index contributed by atoms with van der Waals surface area (Å²) in [5.74, 6) is 0. The summed E-state index contributed by atoms with van der Waals surface area (Å²) in [4.78, 5) is 7.28. The fraction of sp³-hybridized carbons (Fsp3) is 0.364. The highest BCUT2D eigenvalue weighted by molar-refractivity contribution is 9.10. The van der Waals surface area contributed by atoms with Crippen LogP contribution in [0.5, 0.6) is 0 Å². The number of aryl methyl sites for hydroxylation is 2. The monoisotopic (exact) mass is 314 g/mol. The largest absolute Gasteiger partial charge is 0.318 e. The van der Waals surface area contributed by atoms with Crippen molar-refractivity contribution in [3.05, 3.63) is 36.4 Å². The predicted octanol–water partition coefficient (Wildman–Crippen LogP) is 3.50. The van der Waals surface area contributed by atoms with Crippen LogP contribution in [0, 0.1) is 0 Å². The van der Waals surface area contributed by atoms with E-state index >= 15 is 0 Å². The summed E-state index contributed by atoms with van der Waals surface area (Å²) in [6.07, 6.45) is 3.57. The molecule has 0 bridgehead atoms. The molecule has 0 saturated heterocycles. The van der Waals surface area contributed by atoms with E-state index in [1.807, 2.05) is 6.07 Å². The van der Waals surface area contributed by atoms with Gasteiger partial charge in [-0.3, -0.25) is 0 Å². The van der Waals surface area contributed by atoms with Gasteiger partial charge < -0.3 is 5.73 Å². The first-order chi connectivity index (χ1) is 7.75. The average molecular weight is 315 g/mol. The zero-order valence-corrected chi connectivity index (χ0v) is 11.8. The molecule has 0 amide bonds. The quantitative estimate of drug-likeness (QED) is 0.921. The standard InChI is InChI=1S/C11H11BrN2S2/c12-6-4-5-15-10(6)9(13)11-14-7-2-1-3-8(7)16-11/h4-5,9H,1-3,13H2. The number of hydrogen-bond acceptors (Lipinski definition) is 4. The van der Waals surface area contributed by atoms with Gasteiger partial charge in [0.25, 0.3) is 0 Å². The highest BCUT2D eigenvalue weighted by Crippen LogP contribution is 2.36. The molecule has 1 unspecified atom stereocenters. The molecule has 2 N–H and O–H groups in total. The minimum absolute atomic E-state index is 0.0648. The Bertz CT molecular complexity index is 496. The van der Waals surface area contributed by atoms with Crippen molar-refractivity contribution in [1.82, 2.24) is 4.98 Å². The van der Waals surface area contributed by atoms with E-state index < -0.39 is 0 Å². The third kappa shape index (κ3) is 1.76. The summed E-state index contributed by atoms with van der Waals surface area (Å²) in [7, 11) is 0. The van der Waals surface area contributed by atoms with E-state index in [4.69, 9.17) is 5.73 Å². The molecule has 2 aromatic rings. The summed E-state index contributed by atoms with van der Waals surface area (Å²) in [5, 5.41) is 3.12. The van der Waals surface area contributed by atoms with Gasteiger partial charge in [-0.2, -0.15) is 0 Å². The Labute approximate surface area is 111 Å². The lowest BCUT2D eigenvalue weighted by Crippen LogP contribution is -2.10. The lowest BCUT2D eigenvalue weighted by atomic mass is 10.2.